The molecule has 3 N–H and O–H groups in total. The Morgan fingerprint density at radius 2 is 2.10 bits per heavy atom. The van der Waals surface area contributed by atoms with Crippen LogP contribution < -0.4 is 5.73 Å². The first kappa shape index (κ1) is 7.75. The van der Waals surface area contributed by atoms with Crippen LogP contribution >= 0.6 is 28.6 Å². The molecule has 0 fully saturated rings. The lowest BCUT2D eigenvalue weighted by molar-refractivity contribution is 0.470. The number of hydrogen-bond donors (Lipinski definition) is 3. The van der Waals surface area contributed by atoms with Crippen molar-refractivity contribution in [3.8, 4) is 5.75 Å². The van der Waals surface area contributed by atoms with E-state index in [0.717, 1.165) is 0 Å². The van der Waals surface area contributed by atoms with Crippen molar-refractivity contribution in [3.05, 3.63) is 16.6 Å². The summed E-state index contributed by atoms with van der Waals surface area (Å²) >= 11 is 7.13. The molecule has 1 rings (SSSR count). The van der Waals surface area contributed by atoms with Gasteiger partial charge in [0.15, 0.2) is 0 Å². The number of phenolic OH excluding ortho intramolecular Hbond substituents is 1. The molecule has 0 aliphatic carbocycles. The summed E-state index contributed by atoms with van der Waals surface area (Å²) in [5.41, 5.74) is 6.02. The van der Waals surface area contributed by atoms with E-state index in [1.807, 2.05) is 0 Å². The van der Waals surface area contributed by atoms with E-state index < -0.39 is 0 Å². The lowest BCUT2D eigenvalue weighted by Crippen LogP contribution is -1.85. The first-order valence-corrected chi connectivity index (χ1v) is 3.82. The van der Waals surface area contributed by atoms with E-state index in [1.54, 1.807) is 6.07 Å². The minimum atomic E-state index is 0.152. The van der Waals surface area contributed by atoms with Crippen LogP contribution in [0.2, 0.25) is 0 Å². The molecule has 0 aliphatic rings. The summed E-state index contributed by atoms with van der Waals surface area (Å²) in [6, 6.07) is 3.10. The second kappa shape index (κ2) is 2.72. The summed E-state index contributed by atoms with van der Waals surface area (Å²) in [5.74, 6) is 0.152. The second-order valence-electron chi connectivity index (χ2n) is 1.86. The largest absolute Gasteiger partial charge is 0.507 e. The molecule has 4 heteroatoms. The third kappa shape index (κ3) is 1.38. The number of hydrogen-bond acceptors (Lipinski definition) is 3. The fourth-order valence-electron chi connectivity index (χ4n) is 0.566. The third-order valence-electron chi connectivity index (χ3n) is 1.10. The molecule has 0 atom stereocenters. The molecular weight excluding hydrogens is 214 g/mol. The van der Waals surface area contributed by atoms with E-state index in [4.69, 9.17) is 10.8 Å². The van der Waals surface area contributed by atoms with E-state index in [0.29, 0.717) is 15.1 Å². The highest BCUT2D eigenvalue weighted by atomic mass is 79.9. The maximum atomic E-state index is 9.07. The average Bonchev–Trinajstić information content (AvgIpc) is 1.84. The summed E-state index contributed by atoms with van der Waals surface area (Å²) in [5, 5.41) is 9.07. The van der Waals surface area contributed by atoms with Crippen LogP contribution in [0.15, 0.2) is 21.5 Å². The zero-order valence-electron chi connectivity index (χ0n) is 5.00. The van der Waals surface area contributed by atoms with Crippen molar-refractivity contribution < 1.29 is 5.11 Å². The molecule has 0 saturated heterocycles. The number of benzene rings is 1. The van der Waals surface area contributed by atoms with Crippen LogP contribution in [-0.2, 0) is 0 Å². The van der Waals surface area contributed by atoms with Crippen LogP contribution in [0.3, 0.4) is 0 Å². The minimum absolute atomic E-state index is 0.152. The van der Waals surface area contributed by atoms with Gasteiger partial charge in [0.1, 0.15) is 5.75 Å². The van der Waals surface area contributed by atoms with Crippen LogP contribution in [-0.4, -0.2) is 5.11 Å². The Morgan fingerprint density at radius 3 is 2.60 bits per heavy atom. The monoisotopic (exact) mass is 219 g/mol. The predicted molar refractivity (Wildman–Crippen MR) is 47.5 cm³/mol. The number of phenols is 1. The van der Waals surface area contributed by atoms with Gasteiger partial charge in [-0.3, -0.25) is 0 Å². The first-order chi connectivity index (χ1) is 4.61. The van der Waals surface area contributed by atoms with Crippen molar-refractivity contribution in [1.82, 2.24) is 0 Å². The molecule has 10 heavy (non-hydrogen) atoms. The molecule has 0 amide bonds. The fourth-order valence-corrected chi connectivity index (χ4v) is 1.11. The summed E-state index contributed by atoms with van der Waals surface area (Å²) in [4.78, 5) is 0.584. The van der Waals surface area contributed by atoms with Gasteiger partial charge in [0.25, 0.3) is 0 Å². The van der Waals surface area contributed by atoms with Gasteiger partial charge in [-0.25, -0.2) is 0 Å². The zero-order chi connectivity index (χ0) is 7.72. The summed E-state index contributed by atoms with van der Waals surface area (Å²) in [6.45, 7) is 0. The number of halogens is 1. The molecule has 0 spiro atoms. The lowest BCUT2D eigenvalue weighted by atomic mass is 10.3. The topological polar surface area (TPSA) is 46.2 Å². The molecule has 2 nitrogen and oxygen atoms in total. The number of thiol groups is 1. The molecule has 54 valence electrons. The highest BCUT2D eigenvalue weighted by Crippen LogP contribution is 2.30. The van der Waals surface area contributed by atoms with Crippen molar-refractivity contribution in [2.24, 2.45) is 0 Å². The Balaban J connectivity index is 3.28. The van der Waals surface area contributed by atoms with Crippen molar-refractivity contribution in [3.63, 3.8) is 0 Å². The van der Waals surface area contributed by atoms with Gasteiger partial charge in [0, 0.05) is 10.6 Å². The molecule has 0 unspecified atom stereocenters. The maximum Gasteiger partial charge on any atom is 0.131 e. The van der Waals surface area contributed by atoms with Gasteiger partial charge in [-0.2, -0.15) is 0 Å². The molecule has 0 bridgehead atoms. The predicted octanol–water partition coefficient (Wildman–Crippen LogP) is 2.03. The maximum absolute atomic E-state index is 9.07. The lowest BCUT2D eigenvalue weighted by Gasteiger charge is -2.00. The van der Waals surface area contributed by atoms with Gasteiger partial charge in [-0.1, -0.05) is 0 Å². The standard InChI is InChI=1S/C6H6BrNOS/c7-3-1-4(8)6(10)2-5(3)9/h1-2,9-10H,8H2. The molecule has 0 heterocycles. The molecule has 1 aromatic carbocycles. The van der Waals surface area contributed by atoms with Crippen LogP contribution in [0.4, 0.5) is 5.69 Å². The molecule has 1 aromatic rings. The Morgan fingerprint density at radius 1 is 1.50 bits per heavy atom. The molecule has 0 aromatic heterocycles. The number of rotatable bonds is 0. The van der Waals surface area contributed by atoms with Crippen LogP contribution in [0.1, 0.15) is 0 Å². The van der Waals surface area contributed by atoms with Gasteiger partial charge >= 0.3 is 0 Å². The molecule has 0 aliphatic heterocycles. The van der Waals surface area contributed by atoms with E-state index >= 15 is 0 Å². The molecule has 0 saturated carbocycles. The van der Waals surface area contributed by atoms with Crippen molar-refractivity contribution in [2.45, 2.75) is 4.90 Å². The third-order valence-corrected chi connectivity index (χ3v) is 2.12. The highest BCUT2D eigenvalue weighted by molar-refractivity contribution is 9.10. The Bertz CT molecular complexity index is 214. The quantitative estimate of drug-likeness (QED) is 0.356. The summed E-state index contributed by atoms with van der Waals surface area (Å²) in [7, 11) is 0. The minimum Gasteiger partial charge on any atom is -0.507 e. The Labute approximate surface area is 72.6 Å². The SMILES string of the molecule is Nc1cc(Br)c(O)cc1S. The smallest absolute Gasteiger partial charge is 0.131 e. The Kier molecular flexibility index (Phi) is 2.11. The normalized spacial score (nSPS) is 9.80. The van der Waals surface area contributed by atoms with Crippen molar-refractivity contribution in [1.29, 1.82) is 0 Å². The average molecular weight is 220 g/mol. The van der Waals surface area contributed by atoms with Gasteiger partial charge in [0.05, 0.1) is 4.47 Å². The zero-order valence-corrected chi connectivity index (χ0v) is 7.48. The molecular formula is C6H6BrNOS. The Hall–Kier alpha value is -0.350. The molecule has 0 radical (unpaired) electrons. The van der Waals surface area contributed by atoms with E-state index in [9.17, 15) is 0 Å². The number of aromatic hydroxyl groups is 1. The van der Waals surface area contributed by atoms with Crippen molar-refractivity contribution in [2.75, 3.05) is 5.73 Å². The van der Waals surface area contributed by atoms with Gasteiger partial charge in [-0.15, -0.1) is 12.6 Å². The second-order valence-corrected chi connectivity index (χ2v) is 3.20. The summed E-state index contributed by atoms with van der Waals surface area (Å²) in [6.07, 6.45) is 0. The van der Waals surface area contributed by atoms with Gasteiger partial charge < -0.3 is 10.8 Å². The number of nitrogens with two attached hydrogens (primary N) is 1. The van der Waals surface area contributed by atoms with Crippen LogP contribution in [0, 0.1) is 0 Å². The van der Waals surface area contributed by atoms with Crippen molar-refractivity contribution >= 4 is 34.2 Å². The van der Waals surface area contributed by atoms with Crippen LogP contribution in [0.5, 0.6) is 5.75 Å². The van der Waals surface area contributed by atoms with E-state index in [2.05, 4.69) is 28.6 Å². The highest BCUT2D eigenvalue weighted by Gasteiger charge is 2.00. The van der Waals surface area contributed by atoms with Gasteiger partial charge in [-0.05, 0) is 28.1 Å². The fraction of sp³-hybridized carbons (Fsp3) is 0. The first-order valence-electron chi connectivity index (χ1n) is 2.58. The van der Waals surface area contributed by atoms with E-state index in [-0.39, 0.29) is 5.75 Å². The number of nitrogen functional groups attached to an aromatic ring is 1. The van der Waals surface area contributed by atoms with Gasteiger partial charge in [0.2, 0.25) is 0 Å². The summed E-state index contributed by atoms with van der Waals surface area (Å²) < 4.78 is 0.586. The number of anilines is 1. The van der Waals surface area contributed by atoms with Crippen LogP contribution in [0.25, 0.3) is 0 Å². The van der Waals surface area contributed by atoms with E-state index in [1.165, 1.54) is 6.07 Å².